The number of pyridine rings is 1. The van der Waals surface area contributed by atoms with Crippen LogP contribution in [0.2, 0.25) is 0 Å². The molecule has 0 amide bonds. The van der Waals surface area contributed by atoms with E-state index in [1.165, 1.54) is 18.4 Å². The Hall–Kier alpha value is -2.31. The number of hydrogen-bond donors (Lipinski definition) is 0. The molecule has 0 unspecified atom stereocenters. The third-order valence-corrected chi connectivity index (χ3v) is 5.49. The second kappa shape index (κ2) is 5.89. The lowest BCUT2D eigenvalue weighted by Gasteiger charge is -2.47. The van der Waals surface area contributed by atoms with E-state index in [0.717, 1.165) is 49.8 Å². The Morgan fingerprint density at radius 3 is 2.68 bits per heavy atom. The van der Waals surface area contributed by atoms with Crippen LogP contribution in [-0.4, -0.2) is 50.8 Å². The highest BCUT2D eigenvalue weighted by atomic mass is 16.5. The normalized spacial score (nSPS) is 20.0. The third kappa shape index (κ3) is 2.71. The first kappa shape index (κ1) is 15.0. The number of piperidine rings is 1. The van der Waals surface area contributed by atoms with E-state index in [4.69, 9.17) is 4.74 Å². The minimum atomic E-state index is 0.484. The molecule has 5 heterocycles. The molecule has 0 N–H and O–H groups in total. The standard InChI is InChI=1S/C19H21N5O/c1-2-6-20-17(3-1)16-10-22-24-12-15(9-21-18(16)24)11-23-7-4-19(5-8-23)13-25-14-19/h1-3,6,9-10,12H,4-5,7-8,11,13-14H2. The predicted octanol–water partition coefficient (Wildman–Crippen LogP) is 2.40. The van der Waals surface area contributed by atoms with Crippen LogP contribution in [0.4, 0.5) is 0 Å². The number of likely N-dealkylation sites (tertiary alicyclic amines) is 1. The van der Waals surface area contributed by atoms with Crippen molar-refractivity contribution in [3.63, 3.8) is 0 Å². The summed E-state index contributed by atoms with van der Waals surface area (Å²) in [6, 6.07) is 5.88. The lowest BCUT2D eigenvalue weighted by atomic mass is 9.77. The van der Waals surface area contributed by atoms with E-state index >= 15 is 0 Å². The minimum Gasteiger partial charge on any atom is -0.380 e. The topological polar surface area (TPSA) is 55.5 Å². The van der Waals surface area contributed by atoms with Crippen molar-refractivity contribution in [2.24, 2.45) is 5.41 Å². The fourth-order valence-corrected chi connectivity index (χ4v) is 3.82. The number of nitrogens with zero attached hydrogens (tertiary/aromatic N) is 5. The van der Waals surface area contributed by atoms with E-state index in [0.29, 0.717) is 5.41 Å². The monoisotopic (exact) mass is 335 g/mol. The van der Waals surface area contributed by atoms with E-state index in [9.17, 15) is 0 Å². The smallest absolute Gasteiger partial charge is 0.164 e. The first-order valence-electron chi connectivity index (χ1n) is 8.85. The van der Waals surface area contributed by atoms with Gasteiger partial charge < -0.3 is 4.74 Å². The van der Waals surface area contributed by atoms with Gasteiger partial charge in [-0.1, -0.05) is 6.07 Å². The molecule has 2 saturated heterocycles. The first-order chi connectivity index (χ1) is 12.3. The summed E-state index contributed by atoms with van der Waals surface area (Å²) < 4.78 is 7.28. The highest BCUT2D eigenvalue weighted by molar-refractivity contribution is 5.74. The van der Waals surface area contributed by atoms with E-state index in [2.05, 4.69) is 26.2 Å². The minimum absolute atomic E-state index is 0.484. The summed E-state index contributed by atoms with van der Waals surface area (Å²) in [6.07, 6.45) is 10.2. The maximum absolute atomic E-state index is 5.41. The molecule has 2 aliphatic rings. The Morgan fingerprint density at radius 1 is 1.08 bits per heavy atom. The summed E-state index contributed by atoms with van der Waals surface area (Å²) in [5, 5.41) is 4.47. The van der Waals surface area contributed by atoms with Crippen LogP contribution < -0.4 is 0 Å². The summed E-state index contributed by atoms with van der Waals surface area (Å²) >= 11 is 0. The molecule has 3 aromatic rings. The number of hydrogen-bond acceptors (Lipinski definition) is 5. The van der Waals surface area contributed by atoms with Crippen molar-refractivity contribution in [1.82, 2.24) is 24.5 Å². The van der Waals surface area contributed by atoms with Crippen molar-refractivity contribution < 1.29 is 4.74 Å². The SMILES string of the molecule is c1ccc(-c2cnn3cc(CN4CCC5(CC4)COC5)cnc23)nc1. The van der Waals surface area contributed by atoms with Gasteiger partial charge in [0.25, 0.3) is 0 Å². The second-order valence-electron chi connectivity index (χ2n) is 7.27. The Bertz CT molecular complexity index is 877. The molecular formula is C19H21N5O. The van der Waals surface area contributed by atoms with Gasteiger partial charge in [0.2, 0.25) is 0 Å². The molecule has 2 aliphatic heterocycles. The van der Waals surface area contributed by atoms with Crippen LogP contribution in [0.1, 0.15) is 18.4 Å². The van der Waals surface area contributed by atoms with Crippen LogP contribution in [0.15, 0.2) is 43.0 Å². The second-order valence-corrected chi connectivity index (χ2v) is 7.27. The van der Waals surface area contributed by atoms with E-state index in [1.807, 2.05) is 35.1 Å². The van der Waals surface area contributed by atoms with Crippen LogP contribution in [0, 0.1) is 5.41 Å². The predicted molar refractivity (Wildman–Crippen MR) is 94.0 cm³/mol. The largest absolute Gasteiger partial charge is 0.380 e. The van der Waals surface area contributed by atoms with Crippen molar-refractivity contribution in [3.8, 4) is 11.3 Å². The molecule has 1 spiro atoms. The van der Waals surface area contributed by atoms with Crippen molar-refractivity contribution >= 4 is 5.65 Å². The van der Waals surface area contributed by atoms with E-state index < -0.39 is 0 Å². The lowest BCUT2D eigenvalue weighted by Crippen LogP contribution is -2.50. The van der Waals surface area contributed by atoms with Gasteiger partial charge in [0.15, 0.2) is 5.65 Å². The van der Waals surface area contributed by atoms with Gasteiger partial charge in [-0.3, -0.25) is 9.88 Å². The highest BCUT2D eigenvalue weighted by Gasteiger charge is 2.40. The Labute approximate surface area is 146 Å². The fourth-order valence-electron chi connectivity index (χ4n) is 3.82. The molecule has 0 aromatic carbocycles. The molecule has 3 aromatic heterocycles. The zero-order chi connectivity index (χ0) is 16.7. The van der Waals surface area contributed by atoms with Crippen molar-refractivity contribution in [2.75, 3.05) is 26.3 Å². The summed E-state index contributed by atoms with van der Waals surface area (Å²) in [4.78, 5) is 11.6. The van der Waals surface area contributed by atoms with Crippen LogP contribution in [0.25, 0.3) is 16.9 Å². The molecule has 0 aliphatic carbocycles. The Morgan fingerprint density at radius 2 is 1.96 bits per heavy atom. The van der Waals surface area contributed by atoms with Gasteiger partial charge in [0, 0.05) is 36.1 Å². The molecule has 6 heteroatoms. The number of fused-ring (bicyclic) bond motifs is 1. The number of aromatic nitrogens is 4. The molecular weight excluding hydrogens is 314 g/mol. The third-order valence-electron chi connectivity index (χ3n) is 5.49. The van der Waals surface area contributed by atoms with Gasteiger partial charge in [-0.05, 0) is 38.1 Å². The molecule has 128 valence electrons. The molecule has 0 radical (unpaired) electrons. The summed E-state index contributed by atoms with van der Waals surface area (Å²) in [6.45, 7) is 5.12. The zero-order valence-electron chi connectivity index (χ0n) is 14.1. The Balaban J connectivity index is 1.33. The van der Waals surface area contributed by atoms with Crippen LogP contribution in [-0.2, 0) is 11.3 Å². The maximum atomic E-state index is 5.41. The average Bonchev–Trinajstić information content (AvgIpc) is 3.05. The van der Waals surface area contributed by atoms with Gasteiger partial charge in [-0.25, -0.2) is 9.50 Å². The van der Waals surface area contributed by atoms with Crippen molar-refractivity contribution in [1.29, 1.82) is 0 Å². The molecule has 25 heavy (non-hydrogen) atoms. The first-order valence-corrected chi connectivity index (χ1v) is 8.85. The molecule has 0 saturated carbocycles. The molecule has 6 nitrogen and oxygen atoms in total. The van der Waals surface area contributed by atoms with Crippen LogP contribution in [0.3, 0.4) is 0 Å². The lowest BCUT2D eigenvalue weighted by molar-refractivity contribution is -0.140. The molecule has 0 atom stereocenters. The Kier molecular flexibility index (Phi) is 3.53. The van der Waals surface area contributed by atoms with Crippen molar-refractivity contribution in [3.05, 3.63) is 48.5 Å². The fraction of sp³-hybridized carbons (Fsp3) is 0.421. The van der Waals surface area contributed by atoms with E-state index in [1.54, 1.807) is 6.20 Å². The van der Waals surface area contributed by atoms with Crippen LogP contribution >= 0.6 is 0 Å². The highest BCUT2D eigenvalue weighted by Crippen LogP contribution is 2.38. The van der Waals surface area contributed by atoms with Gasteiger partial charge in [0.1, 0.15) is 0 Å². The van der Waals surface area contributed by atoms with Gasteiger partial charge >= 0.3 is 0 Å². The zero-order valence-corrected chi connectivity index (χ0v) is 14.1. The summed E-state index contributed by atoms with van der Waals surface area (Å²) in [5.74, 6) is 0. The van der Waals surface area contributed by atoms with Crippen molar-refractivity contribution in [2.45, 2.75) is 19.4 Å². The summed E-state index contributed by atoms with van der Waals surface area (Å²) in [5.41, 5.74) is 4.41. The number of ether oxygens (including phenoxy) is 1. The number of rotatable bonds is 3. The van der Waals surface area contributed by atoms with Gasteiger partial charge in [-0.2, -0.15) is 5.10 Å². The maximum Gasteiger partial charge on any atom is 0.164 e. The van der Waals surface area contributed by atoms with Crippen LogP contribution in [0.5, 0.6) is 0 Å². The summed E-state index contributed by atoms with van der Waals surface area (Å²) in [7, 11) is 0. The van der Waals surface area contributed by atoms with E-state index in [-0.39, 0.29) is 0 Å². The van der Waals surface area contributed by atoms with Gasteiger partial charge in [-0.15, -0.1) is 0 Å². The molecule has 0 bridgehead atoms. The quantitative estimate of drug-likeness (QED) is 0.736. The average molecular weight is 335 g/mol. The molecule has 5 rings (SSSR count). The van der Waals surface area contributed by atoms with Gasteiger partial charge in [0.05, 0.1) is 30.7 Å². The molecule has 2 fully saturated rings.